The van der Waals surface area contributed by atoms with E-state index in [2.05, 4.69) is 10.4 Å². The molecule has 1 aromatic heterocycles. The first-order valence-electron chi connectivity index (χ1n) is 9.04. The molecule has 0 fully saturated rings. The summed E-state index contributed by atoms with van der Waals surface area (Å²) in [5.41, 5.74) is 4.07. The highest BCUT2D eigenvalue weighted by Gasteiger charge is 2.24. The smallest absolute Gasteiger partial charge is 0.328 e. The van der Waals surface area contributed by atoms with Gasteiger partial charge in [-0.05, 0) is 31.5 Å². The summed E-state index contributed by atoms with van der Waals surface area (Å²) in [4.78, 5) is 25.0. The SMILES string of the molecule is COC(=O)[C@@H](Cc1ccccc1)NC(=O)c1cnn(-c2ccc(C)cc2)c1C. The minimum atomic E-state index is -0.776. The van der Waals surface area contributed by atoms with Crippen LogP contribution in [0, 0.1) is 13.8 Å². The van der Waals surface area contributed by atoms with Crippen LogP contribution in [0.15, 0.2) is 60.8 Å². The maximum absolute atomic E-state index is 12.8. The Morgan fingerprint density at radius 1 is 1.07 bits per heavy atom. The van der Waals surface area contributed by atoms with E-state index in [0.717, 1.165) is 16.8 Å². The van der Waals surface area contributed by atoms with Crippen LogP contribution >= 0.6 is 0 Å². The number of amides is 1. The summed E-state index contributed by atoms with van der Waals surface area (Å²) in [6.07, 6.45) is 1.87. The monoisotopic (exact) mass is 377 g/mol. The van der Waals surface area contributed by atoms with Gasteiger partial charge in [0, 0.05) is 6.42 Å². The van der Waals surface area contributed by atoms with Gasteiger partial charge in [0.15, 0.2) is 0 Å². The summed E-state index contributed by atoms with van der Waals surface area (Å²) in [5.74, 6) is -0.844. The Labute approximate surface area is 164 Å². The number of carbonyl (C=O) groups is 2. The molecule has 0 unspecified atom stereocenters. The average Bonchev–Trinajstić information content (AvgIpc) is 3.09. The third-order valence-corrected chi connectivity index (χ3v) is 4.61. The number of methoxy groups -OCH3 is 1. The number of rotatable bonds is 6. The standard InChI is InChI=1S/C22H23N3O3/c1-15-9-11-18(12-10-15)25-16(2)19(14-23-25)21(26)24-20(22(27)28-3)13-17-7-5-4-6-8-17/h4-12,14,20H,13H2,1-3H3,(H,24,26)/t20-/m1/s1. The number of nitrogens with zero attached hydrogens (tertiary/aromatic N) is 2. The van der Waals surface area contributed by atoms with Crippen molar-refractivity contribution in [3.05, 3.63) is 83.2 Å². The van der Waals surface area contributed by atoms with Gasteiger partial charge < -0.3 is 10.1 Å². The molecule has 3 rings (SSSR count). The molecule has 3 aromatic rings. The largest absolute Gasteiger partial charge is 0.467 e. The van der Waals surface area contributed by atoms with Gasteiger partial charge in [0.1, 0.15) is 6.04 Å². The maximum atomic E-state index is 12.8. The minimum absolute atomic E-state index is 0.352. The van der Waals surface area contributed by atoms with Crippen molar-refractivity contribution in [3.63, 3.8) is 0 Å². The van der Waals surface area contributed by atoms with Crippen molar-refractivity contribution >= 4 is 11.9 Å². The number of benzene rings is 2. The van der Waals surface area contributed by atoms with Crippen LogP contribution in [-0.2, 0) is 16.0 Å². The lowest BCUT2D eigenvalue weighted by molar-refractivity contribution is -0.142. The highest BCUT2D eigenvalue weighted by atomic mass is 16.5. The summed E-state index contributed by atoms with van der Waals surface area (Å²) in [6, 6.07) is 16.6. The Morgan fingerprint density at radius 2 is 1.75 bits per heavy atom. The molecule has 0 aliphatic rings. The number of hydrogen-bond acceptors (Lipinski definition) is 4. The Morgan fingerprint density at radius 3 is 2.39 bits per heavy atom. The molecule has 0 saturated heterocycles. The van der Waals surface area contributed by atoms with Gasteiger partial charge in [-0.1, -0.05) is 48.0 Å². The fourth-order valence-electron chi connectivity index (χ4n) is 3.00. The second-order valence-corrected chi connectivity index (χ2v) is 6.63. The van der Waals surface area contributed by atoms with Crippen LogP contribution in [0.5, 0.6) is 0 Å². The number of nitrogens with one attached hydrogen (secondary N) is 1. The summed E-state index contributed by atoms with van der Waals surface area (Å²) in [7, 11) is 1.31. The van der Waals surface area contributed by atoms with Gasteiger partial charge in [-0.15, -0.1) is 0 Å². The normalized spacial score (nSPS) is 11.7. The first-order chi connectivity index (χ1) is 13.5. The fourth-order valence-corrected chi connectivity index (χ4v) is 3.00. The Bertz CT molecular complexity index is 962. The van der Waals surface area contributed by atoms with E-state index in [1.165, 1.54) is 13.3 Å². The Balaban J connectivity index is 1.80. The molecule has 1 amide bonds. The Kier molecular flexibility index (Phi) is 5.89. The molecular weight excluding hydrogens is 354 g/mol. The number of aromatic nitrogens is 2. The average molecular weight is 377 g/mol. The molecule has 144 valence electrons. The van der Waals surface area contributed by atoms with Crippen molar-refractivity contribution < 1.29 is 14.3 Å². The van der Waals surface area contributed by atoms with Gasteiger partial charge in [-0.3, -0.25) is 4.79 Å². The third kappa shape index (κ3) is 4.28. The maximum Gasteiger partial charge on any atom is 0.328 e. The van der Waals surface area contributed by atoms with Crippen molar-refractivity contribution in [1.82, 2.24) is 15.1 Å². The van der Waals surface area contributed by atoms with E-state index in [-0.39, 0.29) is 5.91 Å². The van der Waals surface area contributed by atoms with Gasteiger partial charge in [0.2, 0.25) is 0 Å². The highest BCUT2D eigenvalue weighted by molar-refractivity contribution is 5.97. The van der Waals surface area contributed by atoms with Crippen LogP contribution in [0.1, 0.15) is 27.2 Å². The zero-order valence-electron chi connectivity index (χ0n) is 16.2. The summed E-state index contributed by atoms with van der Waals surface area (Å²) < 4.78 is 6.57. The van der Waals surface area contributed by atoms with Crippen molar-refractivity contribution in [2.24, 2.45) is 0 Å². The first-order valence-corrected chi connectivity index (χ1v) is 9.04. The van der Waals surface area contributed by atoms with Crippen LogP contribution in [0.2, 0.25) is 0 Å². The van der Waals surface area contributed by atoms with Crippen LogP contribution < -0.4 is 5.32 Å². The molecule has 0 bridgehead atoms. The molecule has 6 nitrogen and oxygen atoms in total. The van der Waals surface area contributed by atoms with E-state index in [0.29, 0.717) is 17.7 Å². The fraction of sp³-hybridized carbons (Fsp3) is 0.227. The molecule has 0 aliphatic heterocycles. The minimum Gasteiger partial charge on any atom is -0.467 e. The number of ether oxygens (including phenoxy) is 1. The second kappa shape index (κ2) is 8.52. The number of aryl methyl sites for hydroxylation is 1. The third-order valence-electron chi connectivity index (χ3n) is 4.61. The quantitative estimate of drug-likeness (QED) is 0.670. The van der Waals surface area contributed by atoms with Crippen LogP contribution in [0.25, 0.3) is 5.69 Å². The molecule has 1 atom stereocenters. The van der Waals surface area contributed by atoms with Gasteiger partial charge in [0.25, 0.3) is 5.91 Å². The van der Waals surface area contributed by atoms with Gasteiger partial charge in [-0.2, -0.15) is 5.10 Å². The zero-order valence-corrected chi connectivity index (χ0v) is 16.2. The van der Waals surface area contributed by atoms with E-state index in [9.17, 15) is 9.59 Å². The molecular formula is C22H23N3O3. The van der Waals surface area contributed by atoms with Crippen molar-refractivity contribution in [2.75, 3.05) is 7.11 Å². The van der Waals surface area contributed by atoms with Gasteiger partial charge in [-0.25, -0.2) is 9.48 Å². The van der Waals surface area contributed by atoms with Gasteiger partial charge >= 0.3 is 5.97 Å². The molecule has 0 saturated carbocycles. The van der Waals surface area contributed by atoms with E-state index in [1.54, 1.807) is 4.68 Å². The molecule has 1 heterocycles. The van der Waals surface area contributed by atoms with E-state index >= 15 is 0 Å². The molecule has 28 heavy (non-hydrogen) atoms. The zero-order chi connectivity index (χ0) is 20.1. The number of hydrogen-bond donors (Lipinski definition) is 1. The van der Waals surface area contributed by atoms with Crippen molar-refractivity contribution in [2.45, 2.75) is 26.3 Å². The highest BCUT2D eigenvalue weighted by Crippen LogP contribution is 2.15. The molecule has 6 heteroatoms. The van der Waals surface area contributed by atoms with E-state index < -0.39 is 12.0 Å². The van der Waals surface area contributed by atoms with E-state index in [1.807, 2.05) is 68.4 Å². The molecule has 0 aliphatic carbocycles. The lowest BCUT2D eigenvalue weighted by Crippen LogP contribution is -2.43. The topological polar surface area (TPSA) is 73.2 Å². The lowest BCUT2D eigenvalue weighted by Gasteiger charge is -2.16. The molecule has 0 radical (unpaired) electrons. The lowest BCUT2D eigenvalue weighted by atomic mass is 10.1. The summed E-state index contributed by atoms with van der Waals surface area (Å²) in [5, 5.41) is 7.11. The Hall–Kier alpha value is -3.41. The van der Waals surface area contributed by atoms with Crippen molar-refractivity contribution in [3.8, 4) is 5.69 Å². The predicted molar refractivity (Wildman–Crippen MR) is 106 cm³/mol. The summed E-state index contributed by atoms with van der Waals surface area (Å²) in [6.45, 7) is 3.84. The van der Waals surface area contributed by atoms with Crippen LogP contribution in [-0.4, -0.2) is 34.8 Å². The number of esters is 1. The number of carbonyl (C=O) groups excluding carboxylic acids is 2. The molecule has 1 N–H and O–H groups in total. The van der Waals surface area contributed by atoms with Crippen molar-refractivity contribution in [1.29, 1.82) is 0 Å². The molecule has 0 spiro atoms. The van der Waals surface area contributed by atoms with E-state index in [4.69, 9.17) is 4.74 Å². The van der Waals surface area contributed by atoms with Crippen LogP contribution in [0.4, 0.5) is 0 Å². The summed E-state index contributed by atoms with van der Waals surface area (Å²) >= 11 is 0. The van der Waals surface area contributed by atoms with Gasteiger partial charge in [0.05, 0.1) is 30.3 Å². The first kappa shape index (κ1) is 19.4. The second-order valence-electron chi connectivity index (χ2n) is 6.63. The predicted octanol–water partition coefficient (Wildman–Crippen LogP) is 3.00. The molecule has 2 aromatic carbocycles. The van der Waals surface area contributed by atoms with Crippen LogP contribution in [0.3, 0.4) is 0 Å².